The van der Waals surface area contributed by atoms with E-state index in [9.17, 15) is 0 Å². The Labute approximate surface area is 181 Å². The molecule has 30 heavy (non-hydrogen) atoms. The van der Waals surface area contributed by atoms with Gasteiger partial charge >= 0.3 is 0 Å². The van der Waals surface area contributed by atoms with Gasteiger partial charge in [0, 0.05) is 44.3 Å². The first kappa shape index (κ1) is 20.0. The summed E-state index contributed by atoms with van der Waals surface area (Å²) in [7, 11) is 1.74. The summed E-state index contributed by atoms with van der Waals surface area (Å²) in [6.45, 7) is 7.10. The van der Waals surface area contributed by atoms with Crippen LogP contribution in [0, 0.1) is 0 Å². The molecule has 6 rings (SSSR count). The van der Waals surface area contributed by atoms with Gasteiger partial charge in [-0.15, -0.1) is 0 Å². The topological polar surface area (TPSA) is 19.0 Å². The fourth-order valence-corrected chi connectivity index (χ4v) is 5.88. The lowest BCUT2D eigenvalue weighted by molar-refractivity contribution is 0.00656. The molecule has 4 aliphatic rings. The van der Waals surface area contributed by atoms with Crippen LogP contribution in [0.5, 0.6) is 5.75 Å². The summed E-state index contributed by atoms with van der Waals surface area (Å²) >= 11 is 0. The molecule has 0 aliphatic carbocycles. The van der Waals surface area contributed by atoms with E-state index in [0.717, 1.165) is 18.8 Å². The third-order valence-electron chi connectivity index (χ3n) is 7.47. The summed E-state index contributed by atoms with van der Waals surface area (Å²) in [6, 6.07) is 21.7. The molecule has 4 heteroatoms. The van der Waals surface area contributed by atoms with Gasteiger partial charge in [-0.1, -0.05) is 42.5 Å². The molecular weight excluding hydrogens is 370 g/mol. The zero-order valence-electron chi connectivity index (χ0n) is 18.2. The molecule has 0 spiro atoms. The number of methoxy groups -OCH3 is 1. The van der Waals surface area contributed by atoms with Crippen molar-refractivity contribution in [2.45, 2.75) is 56.9 Å². The van der Waals surface area contributed by atoms with Gasteiger partial charge in [0.2, 0.25) is 0 Å². The van der Waals surface area contributed by atoms with Crippen LogP contribution in [0.4, 0.5) is 0 Å². The zero-order chi connectivity index (χ0) is 20.3. The van der Waals surface area contributed by atoms with Crippen molar-refractivity contribution in [3.63, 3.8) is 0 Å². The lowest BCUT2D eigenvalue weighted by Gasteiger charge is -2.47. The molecule has 0 N–H and O–H groups in total. The van der Waals surface area contributed by atoms with Gasteiger partial charge in [0.25, 0.3) is 0 Å². The predicted molar refractivity (Wildman–Crippen MR) is 122 cm³/mol. The van der Waals surface area contributed by atoms with E-state index in [2.05, 4.69) is 69.3 Å². The Hall–Kier alpha value is -1.88. The molecule has 2 aromatic rings. The second kappa shape index (κ2) is 9.09. The molecule has 4 fully saturated rings. The minimum Gasteiger partial charge on any atom is -0.497 e. The summed E-state index contributed by atoms with van der Waals surface area (Å²) in [6.07, 6.45) is 5.42. The third-order valence-corrected chi connectivity index (χ3v) is 7.47. The van der Waals surface area contributed by atoms with Crippen LogP contribution >= 0.6 is 0 Å². The van der Waals surface area contributed by atoms with Gasteiger partial charge in [-0.25, -0.2) is 0 Å². The van der Waals surface area contributed by atoms with Crippen LogP contribution in [0.25, 0.3) is 0 Å². The molecule has 2 bridgehead atoms. The lowest BCUT2D eigenvalue weighted by Crippen LogP contribution is -2.60. The Morgan fingerprint density at radius 3 is 2.20 bits per heavy atom. The van der Waals surface area contributed by atoms with Crippen LogP contribution in [-0.4, -0.2) is 66.1 Å². The molecule has 4 nitrogen and oxygen atoms in total. The van der Waals surface area contributed by atoms with Crippen molar-refractivity contribution >= 4 is 0 Å². The molecule has 160 valence electrons. The van der Waals surface area contributed by atoms with E-state index in [1.54, 1.807) is 7.11 Å². The summed E-state index contributed by atoms with van der Waals surface area (Å²) in [5.41, 5.74) is 2.85. The van der Waals surface area contributed by atoms with Crippen molar-refractivity contribution in [2.24, 2.45) is 0 Å². The van der Waals surface area contributed by atoms with Crippen molar-refractivity contribution < 1.29 is 4.74 Å². The third kappa shape index (κ3) is 4.27. The van der Waals surface area contributed by atoms with Crippen molar-refractivity contribution in [1.29, 1.82) is 0 Å². The SMILES string of the molecule is COc1ccc(CN2C[C@H]3CC[C@H](N4CCCC4)[C@@H]2CN3Cc2ccccc2)cc1. The summed E-state index contributed by atoms with van der Waals surface area (Å²) < 4.78 is 5.36. The first-order valence-electron chi connectivity index (χ1n) is 11.7. The maximum absolute atomic E-state index is 5.36. The van der Waals surface area contributed by atoms with E-state index in [-0.39, 0.29) is 0 Å². The van der Waals surface area contributed by atoms with E-state index in [4.69, 9.17) is 4.74 Å². The predicted octanol–water partition coefficient (Wildman–Crippen LogP) is 4.01. The zero-order valence-corrected chi connectivity index (χ0v) is 18.2. The van der Waals surface area contributed by atoms with E-state index in [0.29, 0.717) is 18.1 Å². The van der Waals surface area contributed by atoms with Crippen LogP contribution in [0.3, 0.4) is 0 Å². The van der Waals surface area contributed by atoms with Crippen LogP contribution in [-0.2, 0) is 13.1 Å². The average Bonchev–Trinajstić information content (AvgIpc) is 3.20. The quantitative estimate of drug-likeness (QED) is 0.723. The standard InChI is InChI=1S/C26H35N3O/c1-30-24-12-9-22(10-13-24)18-29-19-23-11-14-25(27-15-5-6-16-27)26(29)20-28(23)17-21-7-3-2-4-8-21/h2-4,7-10,12-13,23,25-26H,5-6,11,14-20H2,1H3/t23-,25+,26+/m1/s1. The maximum atomic E-state index is 5.36. The van der Waals surface area contributed by atoms with Gasteiger partial charge in [-0.3, -0.25) is 14.7 Å². The fourth-order valence-electron chi connectivity index (χ4n) is 5.88. The van der Waals surface area contributed by atoms with Crippen molar-refractivity contribution in [1.82, 2.24) is 14.7 Å². The number of ether oxygens (including phenoxy) is 1. The Morgan fingerprint density at radius 2 is 1.47 bits per heavy atom. The first-order valence-corrected chi connectivity index (χ1v) is 11.7. The molecule has 3 atom stereocenters. The number of likely N-dealkylation sites (tertiary alicyclic amines) is 1. The fraction of sp³-hybridized carbons (Fsp3) is 0.538. The Balaban J connectivity index is 1.36. The van der Waals surface area contributed by atoms with E-state index < -0.39 is 0 Å². The number of benzene rings is 2. The van der Waals surface area contributed by atoms with E-state index in [1.807, 2.05) is 0 Å². The van der Waals surface area contributed by atoms with Crippen LogP contribution < -0.4 is 4.74 Å². The molecule has 0 radical (unpaired) electrons. The van der Waals surface area contributed by atoms with Gasteiger partial charge in [0.05, 0.1) is 7.11 Å². The minimum atomic E-state index is 0.618. The monoisotopic (exact) mass is 405 g/mol. The van der Waals surface area contributed by atoms with Crippen LogP contribution in [0.1, 0.15) is 36.8 Å². The van der Waals surface area contributed by atoms with Crippen molar-refractivity contribution in [3.8, 4) is 5.75 Å². The van der Waals surface area contributed by atoms with Crippen molar-refractivity contribution in [2.75, 3.05) is 33.3 Å². The van der Waals surface area contributed by atoms with E-state index >= 15 is 0 Å². The molecule has 2 aromatic carbocycles. The first-order chi connectivity index (χ1) is 14.8. The van der Waals surface area contributed by atoms with Crippen LogP contribution in [0.2, 0.25) is 0 Å². The Morgan fingerprint density at radius 1 is 0.767 bits per heavy atom. The molecule has 4 saturated heterocycles. The molecular formula is C26H35N3O. The molecule has 0 unspecified atom stereocenters. The van der Waals surface area contributed by atoms with Gasteiger partial charge in [-0.05, 0) is 62.0 Å². The number of hydrogen-bond donors (Lipinski definition) is 0. The Bertz CT molecular complexity index is 803. The Kier molecular flexibility index (Phi) is 6.07. The van der Waals surface area contributed by atoms with Gasteiger partial charge in [-0.2, -0.15) is 0 Å². The summed E-state index contributed by atoms with van der Waals surface area (Å²) in [5.74, 6) is 0.945. The summed E-state index contributed by atoms with van der Waals surface area (Å²) in [4.78, 5) is 8.38. The number of rotatable bonds is 6. The molecule has 0 aromatic heterocycles. The highest BCUT2D eigenvalue weighted by Gasteiger charge is 2.43. The second-order valence-corrected chi connectivity index (χ2v) is 9.30. The molecule has 4 aliphatic heterocycles. The molecule has 0 amide bonds. The second-order valence-electron chi connectivity index (χ2n) is 9.30. The number of hydrogen-bond acceptors (Lipinski definition) is 4. The molecule has 0 saturated carbocycles. The highest BCUT2D eigenvalue weighted by atomic mass is 16.5. The smallest absolute Gasteiger partial charge is 0.118 e. The maximum Gasteiger partial charge on any atom is 0.118 e. The highest BCUT2D eigenvalue weighted by molar-refractivity contribution is 5.27. The van der Waals surface area contributed by atoms with E-state index in [1.165, 1.54) is 63.0 Å². The van der Waals surface area contributed by atoms with Gasteiger partial charge < -0.3 is 4.74 Å². The average molecular weight is 406 g/mol. The minimum absolute atomic E-state index is 0.618. The lowest BCUT2D eigenvalue weighted by atomic mass is 10.0. The van der Waals surface area contributed by atoms with Gasteiger partial charge in [0.1, 0.15) is 5.75 Å². The van der Waals surface area contributed by atoms with Gasteiger partial charge in [0.15, 0.2) is 0 Å². The van der Waals surface area contributed by atoms with Crippen LogP contribution in [0.15, 0.2) is 54.6 Å². The van der Waals surface area contributed by atoms with Crippen molar-refractivity contribution in [3.05, 3.63) is 65.7 Å². The summed E-state index contributed by atoms with van der Waals surface area (Å²) in [5, 5.41) is 0. The highest BCUT2D eigenvalue weighted by Crippen LogP contribution is 2.34. The largest absolute Gasteiger partial charge is 0.497 e. The number of piperazine rings is 1. The normalized spacial score (nSPS) is 28.0. The number of nitrogens with zero attached hydrogens (tertiary/aromatic N) is 3. The number of fused-ring (bicyclic) bond motifs is 4. The molecule has 4 heterocycles.